The molecule has 220 valence electrons. The van der Waals surface area contributed by atoms with Gasteiger partial charge in [0.25, 0.3) is 10.1 Å². The average Bonchev–Trinajstić information content (AvgIpc) is 3.23. The highest BCUT2D eigenvalue weighted by molar-refractivity contribution is 7.94. The first-order valence-corrected chi connectivity index (χ1v) is 16.0. The molecule has 2 aliphatic heterocycles. The van der Waals surface area contributed by atoms with E-state index in [9.17, 15) is 8.42 Å². The zero-order valence-corrected chi connectivity index (χ0v) is 25.9. The summed E-state index contributed by atoms with van der Waals surface area (Å²) in [6.07, 6.45) is 13.5. The van der Waals surface area contributed by atoms with Crippen LogP contribution in [0, 0.1) is 5.41 Å². The summed E-state index contributed by atoms with van der Waals surface area (Å²) in [6, 6.07) is 6.08. The van der Waals surface area contributed by atoms with Crippen molar-refractivity contribution in [3.8, 4) is 0 Å². The van der Waals surface area contributed by atoms with Gasteiger partial charge in [-0.3, -0.25) is 9.56 Å². The summed E-state index contributed by atoms with van der Waals surface area (Å²) >= 11 is 0.958. The van der Waals surface area contributed by atoms with Gasteiger partial charge >= 0.3 is 0 Å². The molecule has 2 N–H and O–H groups in total. The van der Waals surface area contributed by atoms with Crippen molar-refractivity contribution in [2.24, 2.45) is 10.5 Å². The first kappa shape index (κ1) is 32.2. The van der Waals surface area contributed by atoms with Gasteiger partial charge in [0.1, 0.15) is 6.54 Å². The van der Waals surface area contributed by atoms with Crippen molar-refractivity contribution in [2.45, 2.75) is 77.5 Å². The standard InChI is InChI=1S/C29H41N3O6S2/c1-7-17-29(6)22(3)30-32(19-12-20-40(34,35)36)27(29)14-11-9-10-13-26-28(4,5)24-21-23(39-38-37-33)15-16-25(24)31(26)18-8-2/h9-11,13-16,21H,7-8,12,17-20H2,1-6H3,(H-,33,34,35,36)/p+1. The van der Waals surface area contributed by atoms with Crippen molar-refractivity contribution in [1.82, 2.24) is 5.01 Å². The highest BCUT2D eigenvalue weighted by atomic mass is 32.2. The first-order valence-electron chi connectivity index (χ1n) is 13.7. The summed E-state index contributed by atoms with van der Waals surface area (Å²) in [4.78, 5) is 0.833. The van der Waals surface area contributed by atoms with Gasteiger partial charge in [0.15, 0.2) is 5.71 Å². The van der Waals surface area contributed by atoms with Crippen LogP contribution in [0.25, 0.3) is 0 Å². The Kier molecular flexibility index (Phi) is 11.0. The fourth-order valence-electron chi connectivity index (χ4n) is 5.54. The minimum atomic E-state index is -4.01. The highest BCUT2D eigenvalue weighted by Crippen LogP contribution is 2.43. The molecule has 2 heterocycles. The molecule has 0 amide bonds. The Bertz CT molecular complexity index is 1330. The van der Waals surface area contributed by atoms with Crippen molar-refractivity contribution in [3.63, 3.8) is 0 Å². The van der Waals surface area contributed by atoms with Gasteiger partial charge in [-0.25, -0.2) is 5.26 Å². The number of benzene rings is 1. The fourth-order valence-corrected chi connectivity index (χ4v) is 6.44. The molecular weight excluding hydrogens is 550 g/mol. The van der Waals surface area contributed by atoms with Crippen LogP contribution in [0.5, 0.6) is 0 Å². The normalized spacial score (nSPS) is 21.9. The molecule has 0 spiro atoms. The number of rotatable bonds is 14. The molecule has 1 aromatic carbocycles. The second-order valence-electron chi connectivity index (χ2n) is 10.9. The van der Waals surface area contributed by atoms with Crippen LogP contribution >= 0.6 is 12.0 Å². The molecule has 9 nitrogen and oxygen atoms in total. The Hall–Kier alpha value is -2.28. The Morgan fingerprint density at radius 3 is 2.55 bits per heavy atom. The molecule has 0 aliphatic carbocycles. The van der Waals surface area contributed by atoms with Crippen LogP contribution in [-0.2, 0) is 24.9 Å². The van der Waals surface area contributed by atoms with Crippen molar-refractivity contribution in [3.05, 3.63) is 59.8 Å². The molecule has 11 heteroatoms. The predicted octanol–water partition coefficient (Wildman–Crippen LogP) is 6.67. The van der Waals surface area contributed by atoms with E-state index in [-0.39, 0.29) is 16.6 Å². The van der Waals surface area contributed by atoms with Gasteiger partial charge in [-0.1, -0.05) is 43.5 Å². The molecular formula is C29H42N3O6S2+. The Morgan fingerprint density at radius 2 is 1.90 bits per heavy atom. The van der Waals surface area contributed by atoms with Gasteiger partial charge in [-0.15, -0.1) is 4.33 Å². The van der Waals surface area contributed by atoms with Gasteiger partial charge in [0.05, 0.1) is 23.2 Å². The summed E-state index contributed by atoms with van der Waals surface area (Å²) in [5.41, 5.74) is 5.06. The lowest BCUT2D eigenvalue weighted by Gasteiger charge is -2.28. The minimum Gasteiger partial charge on any atom is -0.286 e. The summed E-state index contributed by atoms with van der Waals surface area (Å²) in [7, 11) is -4.01. The SMILES string of the molecule is CCC[N+]1=C(/C=C/C=C/C=C2\N(CCCS(=O)(=O)O)N=C(C)C2(C)CCC)C(C)(C)c2cc(SOOO)ccc21. The van der Waals surface area contributed by atoms with E-state index >= 15 is 0 Å². The Balaban J connectivity index is 1.86. The lowest BCUT2D eigenvalue weighted by Crippen LogP contribution is -2.28. The Labute approximate surface area is 242 Å². The van der Waals surface area contributed by atoms with E-state index in [4.69, 9.17) is 14.9 Å². The maximum atomic E-state index is 11.2. The Morgan fingerprint density at radius 1 is 1.15 bits per heavy atom. The van der Waals surface area contributed by atoms with E-state index in [1.54, 1.807) is 0 Å². The van der Waals surface area contributed by atoms with Crippen LogP contribution in [0.15, 0.2) is 64.3 Å². The summed E-state index contributed by atoms with van der Waals surface area (Å²) < 4.78 is 38.6. The lowest BCUT2D eigenvalue weighted by atomic mass is 9.78. The van der Waals surface area contributed by atoms with Gasteiger partial charge in [0, 0.05) is 52.4 Å². The van der Waals surface area contributed by atoms with Crippen LogP contribution in [0.2, 0.25) is 0 Å². The smallest absolute Gasteiger partial charge is 0.264 e. The molecule has 1 unspecified atom stereocenters. The molecule has 1 atom stereocenters. The second kappa shape index (κ2) is 13.6. The zero-order chi connectivity index (χ0) is 29.6. The van der Waals surface area contributed by atoms with Crippen molar-refractivity contribution >= 4 is 39.3 Å². The maximum Gasteiger partial charge on any atom is 0.264 e. The molecule has 0 saturated carbocycles. The van der Waals surface area contributed by atoms with Crippen LogP contribution in [0.1, 0.15) is 72.8 Å². The topological polar surface area (TPSA) is 112 Å². The van der Waals surface area contributed by atoms with Crippen molar-refractivity contribution in [2.75, 3.05) is 18.8 Å². The average molecular weight is 593 g/mol. The van der Waals surface area contributed by atoms with Gasteiger partial charge in [-0.05, 0) is 58.7 Å². The quantitative estimate of drug-likeness (QED) is 0.0615. The monoisotopic (exact) mass is 592 g/mol. The fraction of sp³-hybridized carbons (Fsp3) is 0.517. The maximum absolute atomic E-state index is 11.2. The van der Waals surface area contributed by atoms with Gasteiger partial charge in [-0.2, -0.15) is 18.1 Å². The largest absolute Gasteiger partial charge is 0.286 e. The summed E-state index contributed by atoms with van der Waals surface area (Å²) in [6.45, 7) is 14.2. The third kappa shape index (κ3) is 7.32. The number of nitrogens with zero attached hydrogens (tertiary/aromatic N) is 3. The van der Waals surface area contributed by atoms with E-state index in [1.165, 1.54) is 11.3 Å². The molecule has 0 bridgehead atoms. The zero-order valence-electron chi connectivity index (χ0n) is 24.3. The van der Waals surface area contributed by atoms with Crippen LogP contribution in [0.4, 0.5) is 5.69 Å². The van der Waals surface area contributed by atoms with Crippen LogP contribution in [0.3, 0.4) is 0 Å². The molecule has 0 aromatic heterocycles. The lowest BCUT2D eigenvalue weighted by molar-refractivity contribution is -0.437. The predicted molar refractivity (Wildman–Crippen MR) is 160 cm³/mol. The molecule has 2 aliphatic rings. The second-order valence-corrected chi connectivity index (χ2v) is 13.2. The molecule has 3 rings (SSSR count). The minimum absolute atomic E-state index is 0.233. The van der Waals surface area contributed by atoms with Crippen LogP contribution in [-0.4, -0.2) is 58.1 Å². The number of hydrazone groups is 1. The molecule has 0 radical (unpaired) electrons. The van der Waals surface area contributed by atoms with E-state index in [0.717, 1.165) is 59.8 Å². The van der Waals surface area contributed by atoms with Crippen LogP contribution < -0.4 is 0 Å². The number of hydrogen-bond acceptors (Lipinski definition) is 8. The van der Waals surface area contributed by atoms with E-state index in [0.29, 0.717) is 13.0 Å². The third-order valence-corrected chi connectivity index (χ3v) is 9.02. The molecule has 0 fully saturated rings. The van der Waals surface area contributed by atoms with Gasteiger partial charge < -0.3 is 0 Å². The van der Waals surface area contributed by atoms with E-state index < -0.39 is 10.1 Å². The first-order chi connectivity index (χ1) is 18.9. The molecule has 1 aromatic rings. The molecule has 0 saturated heterocycles. The van der Waals surface area contributed by atoms with Crippen molar-refractivity contribution in [1.29, 1.82) is 0 Å². The number of allylic oxidation sites excluding steroid dienone is 6. The number of fused-ring (bicyclic) bond motifs is 1. The van der Waals surface area contributed by atoms with E-state index in [2.05, 4.69) is 72.9 Å². The summed E-state index contributed by atoms with van der Waals surface area (Å²) in [5, 5.41) is 18.9. The highest BCUT2D eigenvalue weighted by Gasteiger charge is 2.44. The van der Waals surface area contributed by atoms with Crippen molar-refractivity contribution < 1.29 is 32.2 Å². The van der Waals surface area contributed by atoms with E-state index in [1.807, 2.05) is 36.2 Å². The number of hydrogen-bond donors (Lipinski definition) is 2. The van der Waals surface area contributed by atoms with Gasteiger partial charge in [0.2, 0.25) is 5.69 Å². The third-order valence-electron chi connectivity index (χ3n) is 7.64. The molecule has 40 heavy (non-hydrogen) atoms. The summed E-state index contributed by atoms with van der Waals surface area (Å²) in [5.74, 6) is -0.290.